The molecule has 0 saturated heterocycles. The Labute approximate surface area is 215 Å². The number of carbonyl (C=O) groups excluding carboxylic acids is 3. The molecule has 0 radical (unpaired) electrons. The number of esters is 1. The summed E-state index contributed by atoms with van der Waals surface area (Å²) in [6, 6.07) is 2.16. The fraction of sp³-hybridized carbons (Fsp3) is 0.742. The summed E-state index contributed by atoms with van der Waals surface area (Å²) in [5, 5.41) is 9.81. The average molecular weight is 492 g/mol. The molecule has 0 aliphatic heterocycles. The van der Waals surface area contributed by atoms with Crippen LogP contribution in [0.4, 0.5) is 0 Å². The van der Waals surface area contributed by atoms with Crippen molar-refractivity contribution in [3.8, 4) is 6.07 Å². The van der Waals surface area contributed by atoms with Gasteiger partial charge in [-0.25, -0.2) is 0 Å². The van der Waals surface area contributed by atoms with Crippen LogP contribution in [-0.2, 0) is 19.1 Å². The van der Waals surface area contributed by atoms with Crippen LogP contribution in [0.25, 0.3) is 0 Å². The fourth-order valence-corrected chi connectivity index (χ4v) is 9.83. The minimum absolute atomic E-state index is 0.0188. The average Bonchev–Trinajstić information content (AvgIpc) is 2.81. The van der Waals surface area contributed by atoms with Gasteiger partial charge in [0.2, 0.25) is 0 Å². The predicted molar refractivity (Wildman–Crippen MR) is 136 cm³/mol. The summed E-state index contributed by atoms with van der Waals surface area (Å²) in [6.07, 6.45) is 9.77. The smallest absolute Gasteiger partial charge is 0.312 e. The lowest BCUT2D eigenvalue weighted by molar-refractivity contribution is -0.178. The van der Waals surface area contributed by atoms with E-state index in [9.17, 15) is 19.6 Å². The second-order valence-electron chi connectivity index (χ2n) is 14.3. The standard InChI is InChI=1S/C31H41NO4/c1-27(2)12-13-31(26(35)36-7)11-8-19-24(20(31)16-27)21(33)14-23-29(19,5)10-9-22-28(3,4)25(34)18(17-32)15-30(22,23)6/h14-15,19-20,22,24H,8-13,16H2,1-7H3/t19?,20?,22?,24?,29?,30?,31-/m1/s1. The van der Waals surface area contributed by atoms with Crippen molar-refractivity contribution in [1.29, 1.82) is 5.26 Å². The van der Waals surface area contributed by atoms with Gasteiger partial charge in [-0.05, 0) is 79.6 Å². The second kappa shape index (κ2) is 7.65. The molecule has 6 unspecified atom stereocenters. The summed E-state index contributed by atoms with van der Waals surface area (Å²) in [5.41, 5.74) is -0.544. The summed E-state index contributed by atoms with van der Waals surface area (Å²) in [5.74, 6) is -0.102. The zero-order chi connectivity index (χ0) is 26.5. The van der Waals surface area contributed by atoms with Gasteiger partial charge in [0.1, 0.15) is 6.07 Å². The molecule has 0 aromatic heterocycles. The third kappa shape index (κ3) is 3.09. The minimum Gasteiger partial charge on any atom is -0.469 e. The number of ketones is 2. The quantitative estimate of drug-likeness (QED) is 0.421. The number of ether oxygens (including phenoxy) is 1. The van der Waals surface area contributed by atoms with Crippen LogP contribution in [-0.4, -0.2) is 24.6 Å². The number of rotatable bonds is 1. The van der Waals surface area contributed by atoms with Crippen molar-refractivity contribution in [2.45, 2.75) is 86.5 Å². The zero-order valence-electron chi connectivity index (χ0n) is 23.0. The number of hydrogen-bond acceptors (Lipinski definition) is 5. The van der Waals surface area contributed by atoms with Crippen molar-refractivity contribution >= 4 is 17.5 Å². The first-order valence-corrected chi connectivity index (χ1v) is 13.7. The first-order valence-electron chi connectivity index (χ1n) is 13.7. The molecule has 0 spiro atoms. The van der Waals surface area contributed by atoms with Gasteiger partial charge in [0.15, 0.2) is 11.6 Å². The van der Waals surface area contributed by atoms with Crippen LogP contribution in [0.15, 0.2) is 23.3 Å². The summed E-state index contributed by atoms with van der Waals surface area (Å²) in [4.78, 5) is 40.6. The lowest BCUT2D eigenvalue weighted by Crippen LogP contribution is -2.62. The van der Waals surface area contributed by atoms with E-state index in [1.54, 1.807) is 0 Å². The van der Waals surface area contributed by atoms with Gasteiger partial charge in [0, 0.05) is 16.7 Å². The number of nitriles is 1. The molecule has 5 rings (SSSR count). The first kappa shape index (κ1) is 25.4. The Morgan fingerprint density at radius 3 is 2.33 bits per heavy atom. The number of fused-ring (bicyclic) bond motifs is 7. The summed E-state index contributed by atoms with van der Waals surface area (Å²) in [7, 11) is 1.48. The van der Waals surface area contributed by atoms with Crippen molar-refractivity contribution in [1.82, 2.24) is 0 Å². The molecule has 5 aliphatic rings. The number of Topliss-reactive ketones (excluding diaryl/α,β-unsaturated/α-hetero) is 1. The molecule has 5 nitrogen and oxygen atoms in total. The maximum atomic E-state index is 14.2. The van der Waals surface area contributed by atoms with Crippen LogP contribution in [0.1, 0.15) is 86.5 Å². The van der Waals surface area contributed by atoms with Gasteiger partial charge in [-0.1, -0.05) is 53.2 Å². The highest BCUT2D eigenvalue weighted by molar-refractivity contribution is 6.04. The van der Waals surface area contributed by atoms with Gasteiger partial charge in [0.05, 0.1) is 18.1 Å². The Hall–Kier alpha value is -2.22. The first-order chi connectivity index (χ1) is 16.7. The highest BCUT2D eigenvalue weighted by Crippen LogP contribution is 2.70. The van der Waals surface area contributed by atoms with Crippen molar-refractivity contribution in [3.63, 3.8) is 0 Å². The van der Waals surface area contributed by atoms with E-state index in [1.807, 2.05) is 26.0 Å². The SMILES string of the molecule is COC(=O)[C@@]12CCC3C(C(=O)C=C4C5(C)C=C(C#N)C(=O)C(C)(C)C5CCC43C)C1CC(C)(C)CC2. The van der Waals surface area contributed by atoms with Gasteiger partial charge in [0.25, 0.3) is 0 Å². The summed E-state index contributed by atoms with van der Waals surface area (Å²) >= 11 is 0. The summed E-state index contributed by atoms with van der Waals surface area (Å²) in [6.45, 7) is 12.9. The maximum Gasteiger partial charge on any atom is 0.312 e. The molecule has 7 atom stereocenters. The van der Waals surface area contributed by atoms with Crippen LogP contribution >= 0.6 is 0 Å². The Kier molecular flexibility index (Phi) is 5.40. The fourth-order valence-electron chi connectivity index (χ4n) is 9.83. The third-order valence-electron chi connectivity index (χ3n) is 11.7. The topological polar surface area (TPSA) is 84.2 Å². The van der Waals surface area contributed by atoms with Gasteiger partial charge >= 0.3 is 5.97 Å². The van der Waals surface area contributed by atoms with E-state index in [-0.39, 0.29) is 57.6 Å². The molecule has 5 aliphatic carbocycles. The molecule has 0 bridgehead atoms. The van der Waals surface area contributed by atoms with E-state index < -0.39 is 16.2 Å². The largest absolute Gasteiger partial charge is 0.469 e. The Bertz CT molecular complexity index is 1150. The van der Waals surface area contributed by atoms with E-state index >= 15 is 0 Å². The molecule has 0 aromatic carbocycles. The van der Waals surface area contributed by atoms with Gasteiger partial charge < -0.3 is 4.74 Å². The lowest BCUT2D eigenvalue weighted by Gasteiger charge is -2.64. The molecule has 5 heteroatoms. The minimum atomic E-state index is -0.656. The molecule has 194 valence electrons. The molecule has 0 aromatic rings. The molecular formula is C31H41NO4. The lowest BCUT2D eigenvalue weighted by atomic mass is 9.38. The number of allylic oxidation sites excluding steroid dienone is 4. The van der Waals surface area contributed by atoms with E-state index in [0.29, 0.717) is 0 Å². The normalized spacial score (nSPS) is 44.5. The Morgan fingerprint density at radius 2 is 1.69 bits per heavy atom. The van der Waals surface area contributed by atoms with Crippen LogP contribution in [0.3, 0.4) is 0 Å². The van der Waals surface area contributed by atoms with Crippen molar-refractivity contribution in [2.75, 3.05) is 7.11 Å². The monoisotopic (exact) mass is 491 g/mol. The van der Waals surface area contributed by atoms with Crippen molar-refractivity contribution in [3.05, 3.63) is 23.3 Å². The van der Waals surface area contributed by atoms with Crippen molar-refractivity contribution < 1.29 is 19.1 Å². The second-order valence-corrected chi connectivity index (χ2v) is 14.3. The number of nitrogens with zero attached hydrogens (tertiary/aromatic N) is 1. The number of hydrogen-bond donors (Lipinski definition) is 0. The van der Waals surface area contributed by atoms with E-state index in [2.05, 4.69) is 33.8 Å². The van der Waals surface area contributed by atoms with Gasteiger partial charge in [-0.2, -0.15) is 5.26 Å². The van der Waals surface area contributed by atoms with Gasteiger partial charge in [-0.15, -0.1) is 0 Å². The summed E-state index contributed by atoms with van der Waals surface area (Å²) < 4.78 is 5.37. The van der Waals surface area contributed by atoms with Crippen LogP contribution < -0.4 is 0 Å². The molecule has 36 heavy (non-hydrogen) atoms. The van der Waals surface area contributed by atoms with Crippen LogP contribution in [0.2, 0.25) is 0 Å². The highest BCUT2D eigenvalue weighted by Gasteiger charge is 2.67. The molecule has 0 heterocycles. The molecule has 0 amide bonds. The van der Waals surface area contributed by atoms with Crippen LogP contribution in [0, 0.1) is 62.1 Å². The molecule has 0 N–H and O–H groups in total. The number of methoxy groups -OCH3 is 1. The predicted octanol–water partition coefficient (Wildman–Crippen LogP) is 5.99. The highest BCUT2D eigenvalue weighted by atomic mass is 16.5. The van der Waals surface area contributed by atoms with E-state index in [1.165, 1.54) is 7.11 Å². The Balaban J connectivity index is 1.66. The van der Waals surface area contributed by atoms with Crippen molar-refractivity contribution in [2.24, 2.45) is 50.7 Å². The molecule has 3 saturated carbocycles. The third-order valence-corrected chi connectivity index (χ3v) is 11.7. The maximum absolute atomic E-state index is 14.2. The zero-order valence-corrected chi connectivity index (χ0v) is 23.0. The molecule has 3 fully saturated rings. The number of carbonyl (C=O) groups is 3. The van der Waals surface area contributed by atoms with Crippen LogP contribution in [0.5, 0.6) is 0 Å². The van der Waals surface area contributed by atoms with E-state index in [4.69, 9.17) is 4.74 Å². The van der Waals surface area contributed by atoms with Gasteiger partial charge in [-0.3, -0.25) is 14.4 Å². The Morgan fingerprint density at radius 1 is 1.00 bits per heavy atom. The molecular weight excluding hydrogens is 450 g/mol. The van der Waals surface area contributed by atoms with E-state index in [0.717, 1.165) is 50.5 Å².